The molecule has 11 heteroatoms. The number of imidazole rings is 1. The van der Waals surface area contributed by atoms with Crippen molar-refractivity contribution in [1.82, 2.24) is 28.9 Å². The van der Waals surface area contributed by atoms with Crippen LogP contribution in [0.4, 0.5) is 5.69 Å². The van der Waals surface area contributed by atoms with Crippen molar-refractivity contribution in [2.75, 3.05) is 18.1 Å². The maximum atomic E-state index is 13.1. The number of unbranched alkanes of at least 4 members (excludes halogenated alkanes) is 1. The Morgan fingerprint density at radius 3 is 2.42 bits per heavy atom. The summed E-state index contributed by atoms with van der Waals surface area (Å²) in [7, 11) is 1.73. The Bertz CT molecular complexity index is 1510. The molecule has 0 spiro atoms. The number of aromatic nitrogens is 6. The van der Waals surface area contributed by atoms with E-state index >= 15 is 0 Å². The number of fused-ring (bicyclic) bond motifs is 1. The fraction of sp³-hybridized carbons (Fsp3) is 0.444. The van der Waals surface area contributed by atoms with Gasteiger partial charge in [0.1, 0.15) is 11.2 Å². The van der Waals surface area contributed by atoms with Crippen molar-refractivity contribution in [3.8, 4) is 17.4 Å². The summed E-state index contributed by atoms with van der Waals surface area (Å²) < 4.78 is 10.1. The predicted molar refractivity (Wildman–Crippen MR) is 147 cm³/mol. The first-order valence-corrected chi connectivity index (χ1v) is 13.2. The number of aromatic amines is 1. The molecule has 1 N–H and O–H groups in total. The average molecular weight is 522 g/mol. The van der Waals surface area contributed by atoms with Gasteiger partial charge in [0, 0.05) is 38.4 Å². The number of H-pyrrole nitrogens is 1. The lowest BCUT2D eigenvalue weighted by Crippen LogP contribution is -2.40. The number of carbonyl (C=O) groups is 1. The van der Waals surface area contributed by atoms with Crippen LogP contribution < -0.4 is 20.9 Å². The van der Waals surface area contributed by atoms with Crippen LogP contribution in [0.1, 0.15) is 46.5 Å². The topological polar surface area (TPSA) is 120 Å². The summed E-state index contributed by atoms with van der Waals surface area (Å²) >= 11 is 0. The zero-order valence-electron chi connectivity index (χ0n) is 22.4. The van der Waals surface area contributed by atoms with Gasteiger partial charge in [-0.1, -0.05) is 45.4 Å². The third-order valence-electron chi connectivity index (χ3n) is 6.30. The predicted octanol–water partition coefficient (Wildman–Crippen LogP) is 3.32. The number of nitrogens with one attached hydrogen (secondary N) is 1. The molecule has 38 heavy (non-hydrogen) atoms. The van der Waals surface area contributed by atoms with E-state index in [0.717, 1.165) is 24.9 Å². The lowest BCUT2D eigenvalue weighted by atomic mass is 10.2. The van der Waals surface area contributed by atoms with Crippen LogP contribution in [0.2, 0.25) is 0 Å². The molecule has 0 aliphatic carbocycles. The number of para-hydroxylation sites is 1. The smallest absolute Gasteiger partial charge is 0.332 e. The van der Waals surface area contributed by atoms with Crippen molar-refractivity contribution in [2.45, 2.75) is 59.5 Å². The van der Waals surface area contributed by atoms with Crippen molar-refractivity contribution in [3.63, 3.8) is 0 Å². The van der Waals surface area contributed by atoms with Crippen LogP contribution in [0.3, 0.4) is 0 Å². The van der Waals surface area contributed by atoms with Crippen molar-refractivity contribution in [2.24, 2.45) is 7.05 Å². The molecule has 4 rings (SSSR count). The largest absolute Gasteiger partial charge is 0.466 e. The minimum atomic E-state index is -0.393. The van der Waals surface area contributed by atoms with Gasteiger partial charge in [-0.2, -0.15) is 0 Å². The molecule has 3 aromatic heterocycles. The third kappa shape index (κ3) is 5.41. The Morgan fingerprint density at radius 1 is 1.03 bits per heavy atom. The Hall–Kier alpha value is -4.15. The molecule has 4 aromatic rings. The van der Waals surface area contributed by atoms with E-state index in [-0.39, 0.29) is 29.6 Å². The maximum Gasteiger partial charge on any atom is 0.332 e. The molecule has 0 fully saturated rings. The molecule has 0 atom stereocenters. The second kappa shape index (κ2) is 11.9. The van der Waals surface area contributed by atoms with Gasteiger partial charge in [-0.25, -0.2) is 9.78 Å². The number of ether oxygens (including phenoxy) is 1. The molecular weight excluding hydrogens is 486 g/mol. The van der Waals surface area contributed by atoms with Crippen LogP contribution in [0, 0.1) is 0 Å². The first kappa shape index (κ1) is 26.9. The first-order chi connectivity index (χ1) is 18.4. The number of aryl methyl sites for hydroxylation is 2. The monoisotopic (exact) mass is 521 g/mol. The van der Waals surface area contributed by atoms with Gasteiger partial charge in [0.25, 0.3) is 11.5 Å². The van der Waals surface area contributed by atoms with Gasteiger partial charge in [0.15, 0.2) is 18.1 Å². The van der Waals surface area contributed by atoms with E-state index in [9.17, 15) is 14.4 Å². The lowest BCUT2D eigenvalue weighted by molar-refractivity contribution is -0.120. The van der Waals surface area contributed by atoms with Crippen molar-refractivity contribution in [3.05, 3.63) is 57.2 Å². The minimum absolute atomic E-state index is 0.166. The zero-order valence-corrected chi connectivity index (χ0v) is 22.4. The van der Waals surface area contributed by atoms with Gasteiger partial charge in [0.2, 0.25) is 5.88 Å². The van der Waals surface area contributed by atoms with Gasteiger partial charge >= 0.3 is 5.69 Å². The van der Waals surface area contributed by atoms with E-state index in [2.05, 4.69) is 22.0 Å². The highest BCUT2D eigenvalue weighted by Crippen LogP contribution is 2.23. The Morgan fingerprint density at radius 2 is 1.74 bits per heavy atom. The number of hydrogen-bond donors (Lipinski definition) is 1. The summed E-state index contributed by atoms with van der Waals surface area (Å²) in [5.41, 5.74) is 1.22. The fourth-order valence-corrected chi connectivity index (χ4v) is 4.40. The summed E-state index contributed by atoms with van der Waals surface area (Å²) in [6.07, 6.45) is 3.23. The molecule has 0 saturated carbocycles. The van der Waals surface area contributed by atoms with Crippen LogP contribution in [-0.4, -0.2) is 47.9 Å². The molecule has 3 heterocycles. The number of benzene rings is 1. The molecule has 0 radical (unpaired) electrons. The maximum absolute atomic E-state index is 13.1. The fourth-order valence-electron chi connectivity index (χ4n) is 4.40. The van der Waals surface area contributed by atoms with Crippen LogP contribution >= 0.6 is 0 Å². The van der Waals surface area contributed by atoms with E-state index in [4.69, 9.17) is 4.74 Å². The first-order valence-electron chi connectivity index (χ1n) is 13.2. The van der Waals surface area contributed by atoms with Crippen LogP contribution in [0.25, 0.3) is 22.7 Å². The number of rotatable bonds is 12. The number of amides is 1. The van der Waals surface area contributed by atoms with Crippen molar-refractivity contribution < 1.29 is 9.53 Å². The van der Waals surface area contributed by atoms with Gasteiger partial charge < -0.3 is 14.6 Å². The van der Waals surface area contributed by atoms with E-state index in [1.807, 2.05) is 44.2 Å². The van der Waals surface area contributed by atoms with E-state index in [0.29, 0.717) is 43.2 Å². The second-order valence-corrected chi connectivity index (χ2v) is 9.19. The number of nitrogens with zero attached hydrogens (tertiary/aromatic N) is 6. The SMILES string of the molecule is CCCCN(C(=O)COc1cc(-c2nc3c([nH]2)c(=O)n(CCC)c(=O)n3CCC)n(C)n1)c1ccccc1. The molecule has 1 amide bonds. The van der Waals surface area contributed by atoms with Gasteiger partial charge in [0.05, 0.1) is 0 Å². The quantitative estimate of drug-likeness (QED) is 0.305. The average Bonchev–Trinajstić information content (AvgIpc) is 3.52. The number of hydrogen-bond acceptors (Lipinski definition) is 6. The molecule has 0 saturated heterocycles. The highest BCUT2D eigenvalue weighted by atomic mass is 16.5. The number of carbonyl (C=O) groups excluding carboxylic acids is 1. The molecule has 0 aliphatic rings. The highest BCUT2D eigenvalue weighted by molar-refractivity contribution is 5.94. The van der Waals surface area contributed by atoms with E-state index in [1.165, 1.54) is 9.13 Å². The minimum Gasteiger partial charge on any atom is -0.466 e. The van der Waals surface area contributed by atoms with Gasteiger partial charge in [-0.3, -0.25) is 23.4 Å². The Balaban J connectivity index is 1.61. The molecule has 202 valence electrons. The summed E-state index contributed by atoms with van der Waals surface area (Å²) in [4.78, 5) is 48.5. The summed E-state index contributed by atoms with van der Waals surface area (Å²) in [5, 5.41) is 4.38. The van der Waals surface area contributed by atoms with Crippen molar-refractivity contribution in [1.29, 1.82) is 0 Å². The van der Waals surface area contributed by atoms with Crippen LogP contribution in [-0.2, 0) is 24.9 Å². The normalized spacial score (nSPS) is 11.3. The number of anilines is 1. The summed E-state index contributed by atoms with van der Waals surface area (Å²) in [6, 6.07) is 11.2. The standard InChI is InChI=1S/C27H35N7O4/c1-5-8-16-32(19-12-10-9-11-13-19)22(35)18-38-21-17-20(31(4)30-21)24-28-23-25(29-24)33(14-6-2)27(37)34(15-7-3)26(23)36/h9-13,17H,5-8,14-16,18H2,1-4H3,(H,28,29). The lowest BCUT2D eigenvalue weighted by Gasteiger charge is -2.22. The molecule has 11 nitrogen and oxygen atoms in total. The second-order valence-electron chi connectivity index (χ2n) is 9.19. The molecule has 1 aromatic carbocycles. The molecular formula is C27H35N7O4. The summed E-state index contributed by atoms with van der Waals surface area (Å²) in [6.45, 7) is 7.18. The zero-order chi connectivity index (χ0) is 27.2. The summed E-state index contributed by atoms with van der Waals surface area (Å²) in [5.74, 6) is 0.482. The van der Waals surface area contributed by atoms with Crippen LogP contribution in [0.5, 0.6) is 5.88 Å². The van der Waals surface area contributed by atoms with E-state index in [1.54, 1.807) is 22.7 Å². The molecule has 0 aliphatic heterocycles. The third-order valence-corrected chi connectivity index (χ3v) is 6.30. The van der Waals surface area contributed by atoms with Crippen molar-refractivity contribution >= 4 is 22.8 Å². The van der Waals surface area contributed by atoms with Crippen LogP contribution in [0.15, 0.2) is 46.0 Å². The molecule has 0 unspecified atom stereocenters. The Labute approximate surface area is 220 Å². The van der Waals surface area contributed by atoms with E-state index < -0.39 is 5.56 Å². The van der Waals surface area contributed by atoms with Gasteiger partial charge in [-0.05, 0) is 31.4 Å². The molecule has 0 bridgehead atoms. The highest BCUT2D eigenvalue weighted by Gasteiger charge is 2.21. The van der Waals surface area contributed by atoms with Gasteiger partial charge in [-0.15, -0.1) is 5.10 Å². The Kier molecular flexibility index (Phi) is 8.45.